The van der Waals surface area contributed by atoms with Crippen LogP contribution in [0.3, 0.4) is 0 Å². The minimum Gasteiger partial charge on any atom is -0.493 e. The van der Waals surface area contributed by atoms with Crippen LogP contribution in [-0.2, 0) is 14.8 Å². The number of carbonyl (C=O) groups excluding carboxylic acids is 1. The van der Waals surface area contributed by atoms with Crippen LogP contribution in [0.2, 0.25) is 0 Å². The fourth-order valence-corrected chi connectivity index (χ4v) is 4.73. The molecule has 0 atom stereocenters. The van der Waals surface area contributed by atoms with Gasteiger partial charge in [0, 0.05) is 32.3 Å². The average molecular weight is 445 g/mol. The van der Waals surface area contributed by atoms with Gasteiger partial charge in [0.2, 0.25) is 15.9 Å². The molecule has 3 rings (SSSR count). The van der Waals surface area contributed by atoms with Gasteiger partial charge < -0.3 is 14.4 Å². The summed E-state index contributed by atoms with van der Waals surface area (Å²) in [4.78, 5) is 14.5. The summed E-state index contributed by atoms with van der Waals surface area (Å²) in [5, 5.41) is 0. The number of amides is 1. The maximum absolute atomic E-state index is 12.7. The van der Waals surface area contributed by atoms with E-state index in [9.17, 15) is 13.2 Å². The molecule has 1 heterocycles. The van der Waals surface area contributed by atoms with Gasteiger partial charge in [-0.15, -0.1) is 0 Å². The van der Waals surface area contributed by atoms with E-state index in [4.69, 9.17) is 9.47 Å². The molecule has 1 aliphatic rings. The third-order valence-electron chi connectivity index (χ3n) is 5.00. The van der Waals surface area contributed by atoms with Crippen molar-refractivity contribution in [2.75, 3.05) is 39.9 Å². The van der Waals surface area contributed by atoms with Gasteiger partial charge in [0.05, 0.1) is 18.6 Å². The van der Waals surface area contributed by atoms with Crippen molar-refractivity contribution in [3.8, 4) is 11.5 Å². The van der Waals surface area contributed by atoms with E-state index in [2.05, 4.69) is 0 Å². The fraction of sp³-hybridized carbons (Fsp3) is 0.348. The number of nitrogens with zero attached hydrogens (tertiary/aromatic N) is 2. The summed E-state index contributed by atoms with van der Waals surface area (Å²) in [5.74, 6) is 1.13. The van der Waals surface area contributed by atoms with Crippen LogP contribution in [-0.4, -0.2) is 63.4 Å². The number of sulfonamides is 1. The van der Waals surface area contributed by atoms with Gasteiger partial charge in [-0.25, -0.2) is 8.42 Å². The molecule has 0 unspecified atom stereocenters. The lowest BCUT2D eigenvalue weighted by molar-refractivity contribution is -0.127. The highest BCUT2D eigenvalue weighted by Crippen LogP contribution is 2.28. The van der Waals surface area contributed by atoms with Crippen LogP contribution in [0, 0.1) is 0 Å². The lowest BCUT2D eigenvalue weighted by atomic mass is 10.2. The molecule has 0 radical (unpaired) electrons. The molecular formula is C23H28N2O5S. The number of methoxy groups -OCH3 is 1. The van der Waals surface area contributed by atoms with Crippen LogP contribution in [0.1, 0.15) is 18.9 Å². The number of carbonyl (C=O) groups is 1. The highest BCUT2D eigenvalue weighted by molar-refractivity contribution is 7.89. The Morgan fingerprint density at radius 1 is 1.03 bits per heavy atom. The fourth-order valence-electron chi connectivity index (χ4n) is 3.28. The first-order chi connectivity index (χ1) is 15.0. The quantitative estimate of drug-likeness (QED) is 0.585. The number of ether oxygens (including phenoxy) is 2. The largest absolute Gasteiger partial charge is 0.493 e. The maximum Gasteiger partial charge on any atom is 0.246 e. The molecule has 1 amide bonds. The van der Waals surface area contributed by atoms with Crippen molar-refractivity contribution in [2.45, 2.75) is 18.2 Å². The van der Waals surface area contributed by atoms with Crippen LogP contribution in [0.25, 0.3) is 6.08 Å². The van der Waals surface area contributed by atoms with Crippen LogP contribution >= 0.6 is 0 Å². The smallest absolute Gasteiger partial charge is 0.246 e. The van der Waals surface area contributed by atoms with Crippen LogP contribution < -0.4 is 9.47 Å². The molecule has 0 saturated carbocycles. The van der Waals surface area contributed by atoms with Crippen LogP contribution in [0.15, 0.2) is 59.5 Å². The van der Waals surface area contributed by atoms with E-state index in [-0.39, 0.29) is 23.9 Å². The average Bonchev–Trinajstić information content (AvgIpc) is 2.82. The molecule has 2 aromatic rings. The first-order valence-corrected chi connectivity index (χ1v) is 11.7. The first kappa shape index (κ1) is 22.8. The molecule has 1 saturated heterocycles. The molecule has 0 N–H and O–H groups in total. The van der Waals surface area contributed by atoms with Gasteiger partial charge in [-0.3, -0.25) is 4.79 Å². The van der Waals surface area contributed by atoms with Gasteiger partial charge in [-0.2, -0.15) is 4.31 Å². The van der Waals surface area contributed by atoms with Crippen molar-refractivity contribution in [1.29, 1.82) is 0 Å². The minimum atomic E-state index is -3.53. The SMILES string of the molecule is CCCOc1ccc(/C=C/C(=O)N2CCN(S(=O)(=O)c3ccccc3)CC2)cc1OC. The van der Waals surface area contributed by atoms with E-state index in [0.717, 1.165) is 12.0 Å². The topological polar surface area (TPSA) is 76.2 Å². The lowest BCUT2D eigenvalue weighted by Crippen LogP contribution is -2.50. The van der Waals surface area contributed by atoms with Crippen LogP contribution in [0.4, 0.5) is 0 Å². The standard InChI is InChI=1S/C23H28N2O5S/c1-3-17-30-21-11-9-19(18-22(21)29-2)10-12-23(26)24-13-15-25(16-14-24)31(27,28)20-7-5-4-6-8-20/h4-12,18H,3,13-17H2,1-2H3/b12-10+. The Balaban J connectivity index is 1.59. The van der Waals surface area contributed by atoms with Gasteiger partial charge in [0.15, 0.2) is 11.5 Å². The summed E-state index contributed by atoms with van der Waals surface area (Å²) in [6.07, 6.45) is 4.13. The van der Waals surface area contributed by atoms with Gasteiger partial charge in [0.1, 0.15) is 0 Å². The van der Waals surface area contributed by atoms with Gasteiger partial charge >= 0.3 is 0 Å². The van der Waals surface area contributed by atoms with Crippen molar-refractivity contribution >= 4 is 22.0 Å². The Kier molecular flexibility index (Phi) is 7.70. The molecule has 0 spiro atoms. The Bertz CT molecular complexity index is 1010. The van der Waals surface area contributed by atoms with E-state index >= 15 is 0 Å². The van der Waals surface area contributed by atoms with Crippen molar-refractivity contribution in [1.82, 2.24) is 9.21 Å². The maximum atomic E-state index is 12.7. The summed E-state index contributed by atoms with van der Waals surface area (Å²) < 4.78 is 37.9. The molecule has 0 aliphatic carbocycles. The second kappa shape index (κ2) is 10.5. The van der Waals surface area contributed by atoms with Crippen molar-refractivity contribution in [2.24, 2.45) is 0 Å². The third-order valence-corrected chi connectivity index (χ3v) is 6.91. The highest BCUT2D eigenvalue weighted by atomic mass is 32.2. The zero-order valence-electron chi connectivity index (χ0n) is 17.9. The predicted octanol–water partition coefficient (Wildman–Crippen LogP) is 3.03. The molecule has 1 fully saturated rings. The molecule has 7 nitrogen and oxygen atoms in total. The third kappa shape index (κ3) is 5.65. The molecule has 166 valence electrons. The first-order valence-electron chi connectivity index (χ1n) is 10.3. The second-order valence-corrected chi connectivity index (χ2v) is 9.07. The predicted molar refractivity (Wildman–Crippen MR) is 120 cm³/mol. The Labute approximate surface area is 183 Å². The highest BCUT2D eigenvalue weighted by Gasteiger charge is 2.29. The number of rotatable bonds is 8. The molecule has 0 aromatic heterocycles. The molecule has 8 heteroatoms. The summed E-state index contributed by atoms with van der Waals surface area (Å²) in [5.41, 5.74) is 0.819. The Morgan fingerprint density at radius 2 is 1.74 bits per heavy atom. The molecule has 2 aromatic carbocycles. The Morgan fingerprint density at radius 3 is 2.39 bits per heavy atom. The molecular weight excluding hydrogens is 416 g/mol. The number of hydrogen-bond donors (Lipinski definition) is 0. The lowest BCUT2D eigenvalue weighted by Gasteiger charge is -2.33. The van der Waals surface area contributed by atoms with Gasteiger partial charge in [-0.05, 0) is 42.3 Å². The normalized spacial score (nSPS) is 15.2. The monoisotopic (exact) mass is 444 g/mol. The molecule has 0 bridgehead atoms. The van der Waals surface area contributed by atoms with E-state index in [1.165, 1.54) is 10.4 Å². The van der Waals surface area contributed by atoms with Crippen molar-refractivity contribution in [3.05, 3.63) is 60.2 Å². The summed E-state index contributed by atoms with van der Waals surface area (Å²) in [6.45, 7) is 3.88. The molecule has 1 aliphatic heterocycles. The van der Waals surface area contributed by atoms with Gasteiger partial charge in [0.25, 0.3) is 0 Å². The summed E-state index contributed by atoms with van der Waals surface area (Å²) in [7, 11) is -1.95. The van der Waals surface area contributed by atoms with E-state index in [1.54, 1.807) is 48.4 Å². The van der Waals surface area contributed by atoms with E-state index < -0.39 is 10.0 Å². The minimum absolute atomic E-state index is 0.151. The van der Waals surface area contributed by atoms with E-state index in [0.29, 0.717) is 31.2 Å². The Hall–Kier alpha value is -2.84. The van der Waals surface area contributed by atoms with Crippen molar-refractivity contribution < 1.29 is 22.7 Å². The number of benzene rings is 2. The number of piperazine rings is 1. The summed E-state index contributed by atoms with van der Waals surface area (Å²) in [6, 6.07) is 13.9. The zero-order valence-corrected chi connectivity index (χ0v) is 18.7. The van der Waals surface area contributed by atoms with Gasteiger partial charge in [-0.1, -0.05) is 31.2 Å². The zero-order chi connectivity index (χ0) is 22.3. The number of hydrogen-bond acceptors (Lipinski definition) is 5. The van der Waals surface area contributed by atoms with E-state index in [1.807, 2.05) is 25.1 Å². The second-order valence-electron chi connectivity index (χ2n) is 7.13. The van der Waals surface area contributed by atoms with Crippen LogP contribution in [0.5, 0.6) is 11.5 Å². The van der Waals surface area contributed by atoms with Crippen molar-refractivity contribution in [3.63, 3.8) is 0 Å². The molecule has 31 heavy (non-hydrogen) atoms. The summed E-state index contributed by atoms with van der Waals surface area (Å²) >= 11 is 0.